The van der Waals surface area contributed by atoms with Crippen molar-refractivity contribution in [1.82, 2.24) is 0 Å². The predicted octanol–water partition coefficient (Wildman–Crippen LogP) is 5.02. The zero-order chi connectivity index (χ0) is 16.4. The number of carbonyl (C=O) groups is 1. The van der Waals surface area contributed by atoms with E-state index in [0.29, 0.717) is 10.8 Å². The van der Waals surface area contributed by atoms with Gasteiger partial charge in [0.05, 0.1) is 5.69 Å². The molecule has 1 aliphatic rings. The second-order valence-electron chi connectivity index (χ2n) is 5.66. The monoisotopic (exact) mass is 393 g/mol. The molecule has 1 fully saturated rings. The molecule has 0 radical (unpaired) electrons. The highest BCUT2D eigenvalue weighted by molar-refractivity contribution is 9.10. The molecular weight excluding hydrogens is 378 g/mol. The van der Waals surface area contributed by atoms with Gasteiger partial charge in [-0.25, -0.2) is 0 Å². The first-order valence-corrected chi connectivity index (χ1v) is 8.69. The lowest BCUT2D eigenvalue weighted by Gasteiger charge is -2.21. The Morgan fingerprint density at radius 1 is 1.30 bits per heavy atom. The molecule has 1 saturated heterocycles. The number of anilines is 1. The largest absolute Gasteiger partial charge is 0.426 e. The molecule has 23 heavy (non-hydrogen) atoms. The maximum Gasteiger partial charge on any atom is 0.308 e. The van der Waals surface area contributed by atoms with Crippen LogP contribution in [0.5, 0.6) is 5.75 Å². The fraction of sp³-hybridized carbons (Fsp3) is 0.278. The van der Waals surface area contributed by atoms with Crippen LogP contribution in [0.1, 0.15) is 24.8 Å². The Morgan fingerprint density at radius 3 is 2.83 bits per heavy atom. The third kappa shape index (κ3) is 3.70. The molecule has 3 rings (SSSR count). The zero-order valence-electron chi connectivity index (χ0n) is 12.8. The van der Waals surface area contributed by atoms with Crippen molar-refractivity contribution in [3.8, 4) is 5.75 Å². The summed E-state index contributed by atoms with van der Waals surface area (Å²) in [5.41, 5.74) is 2.19. The Hall–Kier alpha value is -1.52. The van der Waals surface area contributed by atoms with Crippen molar-refractivity contribution in [3.05, 3.63) is 57.5 Å². The third-order valence-corrected chi connectivity index (χ3v) is 4.95. The summed E-state index contributed by atoms with van der Waals surface area (Å²) in [6.07, 6.45) is 0.996. The van der Waals surface area contributed by atoms with E-state index < -0.39 is 0 Å². The molecule has 0 aromatic heterocycles. The molecule has 2 aromatic rings. The van der Waals surface area contributed by atoms with Crippen LogP contribution >= 0.6 is 27.5 Å². The van der Waals surface area contributed by atoms with Crippen LogP contribution < -0.4 is 9.64 Å². The SMILES string of the molecule is CC(=O)Oc1ccc(Cl)cc1C1CCN(c2ccccc2Br)C1. The number of rotatable bonds is 3. The Bertz CT molecular complexity index is 735. The maximum atomic E-state index is 11.3. The van der Waals surface area contributed by atoms with Crippen molar-refractivity contribution in [2.24, 2.45) is 0 Å². The van der Waals surface area contributed by atoms with Gasteiger partial charge in [-0.3, -0.25) is 4.79 Å². The summed E-state index contributed by atoms with van der Waals surface area (Å²) in [7, 11) is 0. The standard InChI is InChI=1S/C18H17BrClNO2/c1-12(22)23-18-7-6-14(20)10-15(18)13-8-9-21(11-13)17-5-3-2-4-16(17)19/h2-7,10,13H,8-9,11H2,1H3. The van der Waals surface area contributed by atoms with Crippen molar-refractivity contribution in [3.63, 3.8) is 0 Å². The number of hydrogen-bond acceptors (Lipinski definition) is 3. The minimum absolute atomic E-state index is 0.287. The Morgan fingerprint density at radius 2 is 2.09 bits per heavy atom. The quantitative estimate of drug-likeness (QED) is 0.540. The lowest BCUT2D eigenvalue weighted by molar-refractivity contribution is -0.131. The van der Waals surface area contributed by atoms with E-state index in [-0.39, 0.29) is 11.9 Å². The fourth-order valence-electron chi connectivity index (χ4n) is 3.03. The molecule has 0 bridgehead atoms. The summed E-state index contributed by atoms with van der Waals surface area (Å²) in [6.45, 7) is 3.25. The lowest BCUT2D eigenvalue weighted by Crippen LogP contribution is -2.19. The number of hydrogen-bond donors (Lipinski definition) is 0. The van der Waals surface area contributed by atoms with Crippen molar-refractivity contribution in [2.75, 3.05) is 18.0 Å². The number of ether oxygens (including phenoxy) is 1. The average molecular weight is 395 g/mol. The summed E-state index contributed by atoms with van der Waals surface area (Å²) in [4.78, 5) is 13.7. The molecular formula is C18H17BrClNO2. The minimum atomic E-state index is -0.311. The van der Waals surface area contributed by atoms with Gasteiger partial charge in [0, 0.05) is 41.0 Å². The number of halogens is 2. The lowest BCUT2D eigenvalue weighted by atomic mass is 9.97. The smallest absolute Gasteiger partial charge is 0.308 e. The van der Waals surface area contributed by atoms with Gasteiger partial charge >= 0.3 is 5.97 Å². The van der Waals surface area contributed by atoms with E-state index in [2.05, 4.69) is 26.9 Å². The number of nitrogens with zero attached hydrogens (tertiary/aromatic N) is 1. The summed E-state index contributed by atoms with van der Waals surface area (Å²) in [5.74, 6) is 0.588. The van der Waals surface area contributed by atoms with E-state index in [0.717, 1.165) is 29.5 Å². The van der Waals surface area contributed by atoms with Crippen LogP contribution in [-0.4, -0.2) is 19.1 Å². The van der Waals surface area contributed by atoms with Crippen LogP contribution in [0, 0.1) is 0 Å². The molecule has 5 heteroatoms. The first kappa shape index (κ1) is 16.3. The highest BCUT2D eigenvalue weighted by atomic mass is 79.9. The van der Waals surface area contributed by atoms with Gasteiger partial charge in [-0.2, -0.15) is 0 Å². The number of carbonyl (C=O) groups excluding carboxylic acids is 1. The van der Waals surface area contributed by atoms with E-state index in [1.54, 1.807) is 12.1 Å². The van der Waals surface area contributed by atoms with Gasteiger partial charge < -0.3 is 9.64 Å². The van der Waals surface area contributed by atoms with Crippen molar-refractivity contribution < 1.29 is 9.53 Å². The van der Waals surface area contributed by atoms with Crippen LogP contribution in [0.25, 0.3) is 0 Å². The van der Waals surface area contributed by atoms with Crippen LogP contribution in [-0.2, 0) is 4.79 Å². The van der Waals surface area contributed by atoms with Gasteiger partial charge in [-0.05, 0) is 52.7 Å². The molecule has 0 N–H and O–H groups in total. The van der Waals surface area contributed by atoms with Gasteiger partial charge in [-0.1, -0.05) is 23.7 Å². The Kier molecular flexibility index (Phi) is 4.93. The first-order chi connectivity index (χ1) is 11.0. The maximum absolute atomic E-state index is 11.3. The van der Waals surface area contributed by atoms with Crippen LogP contribution in [0.3, 0.4) is 0 Å². The highest BCUT2D eigenvalue weighted by Crippen LogP contribution is 2.38. The second-order valence-corrected chi connectivity index (χ2v) is 6.95. The van der Waals surface area contributed by atoms with Crippen LogP contribution in [0.4, 0.5) is 5.69 Å². The first-order valence-electron chi connectivity index (χ1n) is 7.52. The molecule has 1 unspecified atom stereocenters. The van der Waals surface area contributed by atoms with Gasteiger partial charge in [0.15, 0.2) is 0 Å². The molecule has 1 heterocycles. The molecule has 0 saturated carbocycles. The van der Waals surface area contributed by atoms with E-state index >= 15 is 0 Å². The molecule has 2 aromatic carbocycles. The molecule has 0 amide bonds. The van der Waals surface area contributed by atoms with Crippen LogP contribution in [0.2, 0.25) is 5.02 Å². The van der Waals surface area contributed by atoms with Gasteiger partial charge in [0.25, 0.3) is 0 Å². The summed E-state index contributed by atoms with van der Waals surface area (Å²) >= 11 is 9.76. The van der Waals surface area contributed by atoms with Gasteiger partial charge in [0.2, 0.25) is 0 Å². The normalized spacial score (nSPS) is 17.3. The van der Waals surface area contributed by atoms with E-state index in [4.69, 9.17) is 16.3 Å². The number of para-hydroxylation sites is 1. The summed E-state index contributed by atoms with van der Waals surface area (Å²) in [6, 6.07) is 13.6. The van der Waals surface area contributed by atoms with Gasteiger partial charge in [0.1, 0.15) is 5.75 Å². The predicted molar refractivity (Wildman–Crippen MR) is 96.5 cm³/mol. The summed E-state index contributed by atoms with van der Waals surface area (Å²) < 4.78 is 6.44. The molecule has 3 nitrogen and oxygen atoms in total. The number of esters is 1. The van der Waals surface area contributed by atoms with Crippen molar-refractivity contribution in [2.45, 2.75) is 19.3 Å². The van der Waals surface area contributed by atoms with Crippen molar-refractivity contribution in [1.29, 1.82) is 0 Å². The third-order valence-electron chi connectivity index (χ3n) is 4.05. The molecule has 0 aliphatic carbocycles. The van der Waals surface area contributed by atoms with E-state index in [9.17, 15) is 4.79 Å². The fourth-order valence-corrected chi connectivity index (χ4v) is 3.74. The zero-order valence-corrected chi connectivity index (χ0v) is 15.1. The molecule has 1 atom stereocenters. The average Bonchev–Trinajstić information content (AvgIpc) is 2.98. The molecule has 0 spiro atoms. The Balaban J connectivity index is 1.85. The van der Waals surface area contributed by atoms with Crippen molar-refractivity contribution >= 4 is 39.2 Å². The van der Waals surface area contributed by atoms with E-state index in [1.165, 1.54) is 12.6 Å². The molecule has 1 aliphatic heterocycles. The highest BCUT2D eigenvalue weighted by Gasteiger charge is 2.27. The molecule has 120 valence electrons. The van der Waals surface area contributed by atoms with E-state index in [1.807, 2.05) is 24.3 Å². The number of benzene rings is 2. The van der Waals surface area contributed by atoms with Crippen LogP contribution in [0.15, 0.2) is 46.9 Å². The minimum Gasteiger partial charge on any atom is -0.426 e. The Labute approximate surface area is 149 Å². The summed E-state index contributed by atoms with van der Waals surface area (Å²) in [5, 5.41) is 0.662. The van der Waals surface area contributed by atoms with Gasteiger partial charge in [-0.15, -0.1) is 0 Å². The topological polar surface area (TPSA) is 29.5 Å². The second kappa shape index (κ2) is 6.93.